The molecule has 15 heteroatoms. The quantitative estimate of drug-likeness (QED) is 0.0934. The minimum absolute atomic E-state index is 0.0719. The minimum Gasteiger partial charge on any atom is -0.497 e. The van der Waals surface area contributed by atoms with E-state index >= 15 is 0 Å². The number of rotatable bonds is 16. The fraction of sp³-hybridized carbons (Fsp3) is 0.548. The molecule has 57 heavy (non-hydrogen) atoms. The molecule has 0 bridgehead atoms. The van der Waals surface area contributed by atoms with Crippen molar-refractivity contribution in [1.29, 1.82) is 0 Å². The second-order valence-electron chi connectivity index (χ2n) is 15.4. The topological polar surface area (TPSA) is 173 Å². The van der Waals surface area contributed by atoms with Crippen molar-refractivity contribution in [1.82, 2.24) is 10.3 Å². The zero-order chi connectivity index (χ0) is 42.0. The number of methoxy groups -OCH3 is 3. The average Bonchev–Trinajstić information content (AvgIpc) is 3.65. The van der Waals surface area contributed by atoms with Gasteiger partial charge in [0, 0.05) is 37.1 Å². The molecule has 1 amide bonds. The predicted octanol–water partition coefficient (Wildman–Crippen LogP) is 4.55. The first-order valence-corrected chi connectivity index (χ1v) is 18.7. The molecule has 1 aliphatic carbocycles. The van der Waals surface area contributed by atoms with Crippen LogP contribution in [0.5, 0.6) is 11.5 Å². The third-order valence-corrected chi connectivity index (χ3v) is 9.62. The van der Waals surface area contributed by atoms with Crippen molar-refractivity contribution in [2.45, 2.75) is 101 Å². The lowest BCUT2D eigenvalue weighted by Gasteiger charge is -2.35. The zero-order valence-corrected chi connectivity index (χ0v) is 34.4. The van der Waals surface area contributed by atoms with E-state index in [1.54, 1.807) is 52.2 Å². The highest BCUT2D eigenvalue weighted by molar-refractivity contribution is 6.30. The summed E-state index contributed by atoms with van der Waals surface area (Å²) in [7, 11) is 4.21. The van der Waals surface area contributed by atoms with Crippen molar-refractivity contribution in [3.05, 3.63) is 64.5 Å². The molecule has 1 aliphatic heterocycles. The van der Waals surface area contributed by atoms with Crippen LogP contribution in [0, 0.1) is 30.1 Å². The van der Waals surface area contributed by atoms with E-state index in [4.69, 9.17) is 55.9 Å². The number of hydrogen-bond acceptors (Lipinski definition) is 13. The summed E-state index contributed by atoms with van der Waals surface area (Å²) in [6.45, 7) is 8.88. The van der Waals surface area contributed by atoms with Gasteiger partial charge in [-0.05, 0) is 76.9 Å². The normalized spacial score (nSPS) is 22.8. The third-order valence-electron chi connectivity index (χ3n) is 9.35. The number of halogens is 1. The second-order valence-corrected chi connectivity index (χ2v) is 15.8. The van der Waals surface area contributed by atoms with Crippen LogP contribution in [0.15, 0.2) is 48.0 Å². The molecule has 2 aliphatic rings. The van der Waals surface area contributed by atoms with Crippen LogP contribution in [0.25, 0.3) is 0 Å². The summed E-state index contributed by atoms with van der Waals surface area (Å²) in [4.78, 5) is 29.4. The van der Waals surface area contributed by atoms with Gasteiger partial charge in [0.15, 0.2) is 16.5 Å². The van der Waals surface area contributed by atoms with Gasteiger partial charge in [-0.25, -0.2) is 14.6 Å². The van der Waals surface area contributed by atoms with Crippen LogP contribution in [0.1, 0.15) is 58.7 Å². The van der Waals surface area contributed by atoms with Crippen LogP contribution in [0.2, 0.25) is 5.15 Å². The van der Waals surface area contributed by atoms with Crippen LogP contribution in [-0.2, 0) is 46.2 Å². The van der Waals surface area contributed by atoms with Crippen molar-refractivity contribution in [3.63, 3.8) is 0 Å². The van der Waals surface area contributed by atoms with Crippen LogP contribution in [-0.4, -0.2) is 109 Å². The number of carbonyl (C=O) groups is 2. The lowest BCUT2D eigenvalue weighted by atomic mass is 9.81. The highest BCUT2D eigenvalue weighted by atomic mass is 35.5. The molecule has 6 atom stereocenters. The van der Waals surface area contributed by atoms with Crippen LogP contribution >= 0.6 is 11.6 Å². The molecule has 1 aromatic heterocycles. The monoisotopic (exact) mass is 812 g/mol. The molecular formula is C42H53ClN2O12. The molecule has 2 heterocycles. The Morgan fingerprint density at radius 1 is 1.14 bits per heavy atom. The largest absolute Gasteiger partial charge is 0.497 e. The molecule has 0 unspecified atom stereocenters. The number of pyridine rings is 1. The highest BCUT2D eigenvalue weighted by Gasteiger charge is 2.53. The van der Waals surface area contributed by atoms with E-state index < -0.39 is 58.6 Å². The number of nitrogens with one attached hydrogen (secondary N) is 1. The number of ether oxygens (including phenoxy) is 8. The SMILES string of the molecule is C#CC[C@](O)(C#CC1=C[C@H](Oc2ccc(C[C@H](NC(=O)OC(C)(C)C)C(=O)OC)nc2Cl)[C@@H](O)[C@@]1(COCc1ccc(OC)cc1)OCOC)[C@H]1COC(C)(C)C1. The van der Waals surface area contributed by atoms with Gasteiger partial charge >= 0.3 is 12.1 Å². The van der Waals surface area contributed by atoms with Gasteiger partial charge in [0.1, 0.15) is 42.0 Å². The van der Waals surface area contributed by atoms with E-state index in [0.717, 1.165) is 5.56 Å². The van der Waals surface area contributed by atoms with Gasteiger partial charge in [0.2, 0.25) is 0 Å². The molecule has 1 fully saturated rings. The summed E-state index contributed by atoms with van der Waals surface area (Å²) < 4.78 is 45.3. The molecule has 0 saturated carbocycles. The number of nitrogens with zero attached hydrogens (tertiary/aromatic N) is 1. The average molecular weight is 813 g/mol. The standard InChI is InChI=1S/C42H53ClN2O12/c1-10-18-41(49,29-22-40(5,6)54-24-29)19-17-28-20-34(35(46)42(28,55-26-50-7)25-53-23-27-11-14-31(51-8)15-12-27)56-33-16-13-30(44-36(33)43)21-32(37(47)52-9)45-38(48)57-39(2,3)4/h1,11-16,20,29,32,34-35,46,49H,18,21-26H2,2-9H3,(H,45,48)/t29-,32+,34+,35-,41+,42+/m1/s1. The number of aliphatic hydroxyl groups excluding tert-OH is 1. The van der Waals surface area contributed by atoms with E-state index in [2.05, 4.69) is 28.1 Å². The van der Waals surface area contributed by atoms with Gasteiger partial charge in [-0.3, -0.25) is 0 Å². The molecule has 14 nitrogen and oxygen atoms in total. The van der Waals surface area contributed by atoms with Gasteiger partial charge in [0.25, 0.3) is 0 Å². The maximum absolute atomic E-state index is 12.5. The van der Waals surface area contributed by atoms with Crippen molar-refractivity contribution >= 4 is 23.7 Å². The van der Waals surface area contributed by atoms with E-state index in [-0.39, 0.29) is 55.9 Å². The number of carbonyl (C=O) groups excluding carboxylic acids is 2. The Morgan fingerprint density at radius 3 is 2.44 bits per heavy atom. The molecule has 4 rings (SSSR count). The predicted molar refractivity (Wildman–Crippen MR) is 209 cm³/mol. The smallest absolute Gasteiger partial charge is 0.408 e. The van der Waals surface area contributed by atoms with Crippen LogP contribution < -0.4 is 14.8 Å². The Balaban J connectivity index is 1.66. The number of alkyl carbamates (subject to hydrolysis) is 1. The summed E-state index contributed by atoms with van der Waals surface area (Å²) in [5.41, 5.74) is -3.16. The molecule has 310 valence electrons. The number of esters is 1. The van der Waals surface area contributed by atoms with Crippen LogP contribution in [0.4, 0.5) is 4.79 Å². The van der Waals surface area contributed by atoms with Crippen molar-refractivity contribution < 1.29 is 57.7 Å². The molecule has 0 radical (unpaired) electrons. The summed E-state index contributed by atoms with van der Waals surface area (Å²) in [6.07, 6.45) is 4.27. The van der Waals surface area contributed by atoms with Gasteiger partial charge < -0.3 is 53.4 Å². The Bertz CT molecular complexity index is 1840. The minimum atomic E-state index is -1.65. The van der Waals surface area contributed by atoms with E-state index in [1.165, 1.54) is 20.3 Å². The highest BCUT2D eigenvalue weighted by Crippen LogP contribution is 2.40. The summed E-state index contributed by atoms with van der Waals surface area (Å²) in [5, 5.41) is 26.3. The first-order chi connectivity index (χ1) is 26.9. The summed E-state index contributed by atoms with van der Waals surface area (Å²) in [5.74, 6) is 8.26. The van der Waals surface area contributed by atoms with E-state index in [0.29, 0.717) is 17.9 Å². The Hall–Kier alpha value is -4.38. The van der Waals surface area contributed by atoms with Gasteiger partial charge in [-0.2, -0.15) is 0 Å². The summed E-state index contributed by atoms with van der Waals surface area (Å²) in [6, 6.07) is 9.24. The lowest BCUT2D eigenvalue weighted by molar-refractivity contribution is -0.187. The van der Waals surface area contributed by atoms with Crippen molar-refractivity contribution in [3.8, 4) is 35.7 Å². The van der Waals surface area contributed by atoms with E-state index in [9.17, 15) is 19.8 Å². The summed E-state index contributed by atoms with van der Waals surface area (Å²) >= 11 is 6.62. The Labute approximate surface area is 339 Å². The van der Waals surface area contributed by atoms with E-state index in [1.807, 2.05) is 26.0 Å². The van der Waals surface area contributed by atoms with Gasteiger partial charge in [0.05, 0.1) is 39.6 Å². The maximum Gasteiger partial charge on any atom is 0.408 e. The van der Waals surface area contributed by atoms with Gasteiger partial charge in [-0.15, -0.1) is 12.3 Å². The fourth-order valence-corrected chi connectivity index (χ4v) is 6.63. The molecule has 0 spiro atoms. The number of terminal acetylenes is 1. The number of aliphatic hydroxyl groups is 2. The van der Waals surface area contributed by atoms with Crippen LogP contribution in [0.3, 0.4) is 0 Å². The third kappa shape index (κ3) is 12.1. The Kier molecular flexibility index (Phi) is 15.4. The molecular weight excluding hydrogens is 760 g/mol. The number of hydrogen-bond donors (Lipinski definition) is 3. The first kappa shape index (κ1) is 45.3. The molecule has 2 aromatic rings. The van der Waals surface area contributed by atoms with Crippen molar-refractivity contribution in [2.75, 3.05) is 41.3 Å². The number of amides is 1. The zero-order valence-electron chi connectivity index (χ0n) is 33.7. The van der Waals surface area contributed by atoms with Crippen molar-refractivity contribution in [2.24, 2.45) is 5.92 Å². The first-order valence-electron chi connectivity index (χ1n) is 18.3. The fourth-order valence-electron chi connectivity index (χ4n) is 6.41. The molecule has 3 N–H and O–H groups in total. The number of aromatic nitrogens is 1. The Morgan fingerprint density at radius 2 is 1.86 bits per heavy atom. The lowest BCUT2D eigenvalue weighted by Crippen LogP contribution is -2.52. The number of benzene rings is 1. The maximum atomic E-state index is 12.5. The molecule has 1 saturated heterocycles. The molecule has 1 aromatic carbocycles. The second kappa shape index (κ2) is 19.4. The van der Waals surface area contributed by atoms with Gasteiger partial charge in [-0.1, -0.05) is 35.6 Å².